The van der Waals surface area contributed by atoms with Gasteiger partial charge in [-0.1, -0.05) is 26.0 Å². The van der Waals surface area contributed by atoms with Crippen LogP contribution in [0.1, 0.15) is 45.1 Å². The monoisotopic (exact) mass is 454 g/mol. The van der Waals surface area contributed by atoms with Crippen LogP contribution in [0.5, 0.6) is 5.75 Å². The van der Waals surface area contributed by atoms with Crippen molar-refractivity contribution in [2.75, 3.05) is 27.1 Å². The van der Waals surface area contributed by atoms with Crippen LogP contribution in [-0.4, -0.2) is 55.8 Å². The molecule has 1 rings (SSSR count). The van der Waals surface area contributed by atoms with Crippen LogP contribution < -0.4 is 15.8 Å². The Morgan fingerprint density at radius 1 is 1.10 bits per heavy atom. The molecule has 1 unspecified atom stereocenters. The van der Waals surface area contributed by atoms with E-state index in [1.165, 1.54) is 26.0 Å². The Morgan fingerprint density at radius 3 is 2.19 bits per heavy atom. The largest absolute Gasteiger partial charge is 0.497 e. The summed E-state index contributed by atoms with van der Waals surface area (Å²) in [7, 11) is 4.13. The molecule has 0 heterocycles. The maximum Gasteiger partial charge on any atom is 0.329 e. The van der Waals surface area contributed by atoms with Crippen LogP contribution in [0, 0.1) is 5.92 Å². The lowest BCUT2D eigenvalue weighted by Crippen LogP contribution is -2.47. The number of esters is 2. The number of hydrogen-bond acceptors (Lipinski definition) is 8. The van der Waals surface area contributed by atoms with Gasteiger partial charge in [-0.15, -0.1) is 11.8 Å². The molecule has 1 aromatic rings. The number of thioether (sulfide) groups is 1. The van der Waals surface area contributed by atoms with Gasteiger partial charge in [0.1, 0.15) is 11.8 Å². The predicted molar refractivity (Wildman–Crippen MR) is 121 cm³/mol. The molecular weight excluding hydrogens is 420 g/mol. The van der Waals surface area contributed by atoms with Crippen molar-refractivity contribution in [3.05, 3.63) is 29.8 Å². The fraction of sp³-hybridized carbons (Fsp3) is 0.591. The summed E-state index contributed by atoms with van der Waals surface area (Å²) in [5.41, 5.74) is 6.97. The van der Waals surface area contributed by atoms with Gasteiger partial charge in [0.2, 0.25) is 5.91 Å². The highest BCUT2D eigenvalue weighted by Gasteiger charge is 2.31. The molecule has 0 saturated carbocycles. The lowest BCUT2D eigenvalue weighted by Gasteiger charge is -2.27. The van der Waals surface area contributed by atoms with Crippen LogP contribution in [0.25, 0.3) is 0 Å². The maximum absolute atomic E-state index is 13.1. The van der Waals surface area contributed by atoms with E-state index in [4.69, 9.17) is 15.2 Å². The van der Waals surface area contributed by atoms with E-state index in [2.05, 4.69) is 10.1 Å². The molecule has 8 nitrogen and oxygen atoms in total. The zero-order valence-electron chi connectivity index (χ0n) is 19.1. The van der Waals surface area contributed by atoms with Crippen LogP contribution in [0.4, 0.5) is 0 Å². The van der Waals surface area contributed by atoms with Crippen LogP contribution in [-0.2, 0) is 23.9 Å². The normalized spacial score (nSPS) is 14.8. The van der Waals surface area contributed by atoms with Gasteiger partial charge in [-0.25, -0.2) is 4.79 Å². The standard InChI is InChI=1S/C22H34N2O6S/c1-14(2)11-17(15-7-9-16(28-4)10-8-15)20(26)24-18(21(27)30-6)13-31-22(3,23)12-19(25)29-5/h7-10,14,17-18H,11-13,23H2,1-6H3,(H,24,26)/t17-,18+,22?/m0/s1. The van der Waals surface area contributed by atoms with E-state index in [0.29, 0.717) is 12.2 Å². The highest BCUT2D eigenvalue weighted by Crippen LogP contribution is 2.28. The Labute approximate surface area is 188 Å². The van der Waals surface area contributed by atoms with Gasteiger partial charge < -0.3 is 25.3 Å². The summed E-state index contributed by atoms with van der Waals surface area (Å²) in [5, 5.41) is 2.80. The molecule has 3 atom stereocenters. The SMILES string of the molecule is COC(=O)CC(C)(N)SC[C@@H](NC(=O)[C@@H](CC(C)C)c1ccc(OC)cc1)C(=O)OC. The number of amides is 1. The molecule has 31 heavy (non-hydrogen) atoms. The van der Waals surface area contributed by atoms with Crippen LogP contribution in [0.15, 0.2) is 24.3 Å². The van der Waals surface area contributed by atoms with Crippen molar-refractivity contribution >= 4 is 29.6 Å². The fourth-order valence-electron chi connectivity index (χ4n) is 2.97. The zero-order chi connectivity index (χ0) is 23.6. The van der Waals surface area contributed by atoms with Gasteiger partial charge in [0, 0.05) is 5.75 Å². The molecule has 0 aliphatic rings. The molecule has 0 aliphatic heterocycles. The van der Waals surface area contributed by atoms with Crippen LogP contribution >= 0.6 is 11.8 Å². The molecule has 1 aromatic carbocycles. The highest BCUT2D eigenvalue weighted by atomic mass is 32.2. The van der Waals surface area contributed by atoms with Gasteiger partial charge in [0.25, 0.3) is 0 Å². The molecule has 0 aromatic heterocycles. The zero-order valence-corrected chi connectivity index (χ0v) is 19.9. The van der Waals surface area contributed by atoms with Crippen molar-refractivity contribution in [2.24, 2.45) is 11.7 Å². The minimum absolute atomic E-state index is 0.0299. The Morgan fingerprint density at radius 2 is 1.71 bits per heavy atom. The average Bonchev–Trinajstić information content (AvgIpc) is 2.73. The topological polar surface area (TPSA) is 117 Å². The van der Waals surface area contributed by atoms with Gasteiger partial charge in [-0.2, -0.15) is 0 Å². The summed E-state index contributed by atoms with van der Waals surface area (Å²) in [6.07, 6.45) is 0.577. The molecule has 9 heteroatoms. The van der Waals surface area contributed by atoms with Gasteiger partial charge >= 0.3 is 11.9 Å². The number of methoxy groups -OCH3 is 3. The second kappa shape index (κ2) is 12.6. The molecule has 0 aliphatic carbocycles. The molecule has 1 amide bonds. The molecule has 0 spiro atoms. The Balaban J connectivity index is 2.97. The van der Waals surface area contributed by atoms with Crippen molar-refractivity contribution in [3.8, 4) is 5.75 Å². The van der Waals surface area contributed by atoms with Crippen molar-refractivity contribution in [2.45, 2.75) is 50.4 Å². The van der Waals surface area contributed by atoms with E-state index in [1.807, 2.05) is 26.0 Å². The average molecular weight is 455 g/mol. The molecule has 0 fully saturated rings. The summed E-state index contributed by atoms with van der Waals surface area (Å²) >= 11 is 1.19. The molecule has 3 N–H and O–H groups in total. The molecule has 0 bridgehead atoms. The number of benzene rings is 1. The first kappa shape index (κ1) is 26.8. The lowest BCUT2D eigenvalue weighted by atomic mass is 9.89. The number of hydrogen-bond donors (Lipinski definition) is 2. The van der Waals surface area contributed by atoms with E-state index >= 15 is 0 Å². The summed E-state index contributed by atoms with van der Waals surface area (Å²) in [6, 6.07) is 6.39. The highest BCUT2D eigenvalue weighted by molar-refractivity contribution is 8.00. The second-order valence-electron chi connectivity index (χ2n) is 7.92. The van der Waals surface area contributed by atoms with Crippen LogP contribution in [0.3, 0.4) is 0 Å². The first-order valence-electron chi connectivity index (χ1n) is 10.0. The van der Waals surface area contributed by atoms with E-state index in [-0.39, 0.29) is 24.0 Å². The smallest absolute Gasteiger partial charge is 0.329 e. The Bertz CT molecular complexity index is 736. The van der Waals surface area contributed by atoms with Crippen LogP contribution in [0.2, 0.25) is 0 Å². The number of nitrogens with two attached hydrogens (primary N) is 1. The minimum atomic E-state index is -0.961. The Hall–Kier alpha value is -2.26. The molecule has 0 radical (unpaired) electrons. The summed E-state index contributed by atoms with van der Waals surface area (Å²) < 4.78 is 14.7. The van der Waals surface area contributed by atoms with E-state index in [1.54, 1.807) is 26.2 Å². The van der Waals surface area contributed by atoms with Crippen molar-refractivity contribution in [3.63, 3.8) is 0 Å². The fourth-order valence-corrected chi connectivity index (χ4v) is 3.96. The second-order valence-corrected chi connectivity index (χ2v) is 9.47. The number of carbonyl (C=O) groups is 3. The van der Waals surface area contributed by atoms with Crippen molar-refractivity contribution in [1.82, 2.24) is 5.32 Å². The number of rotatable bonds is 12. The maximum atomic E-state index is 13.1. The molecule has 174 valence electrons. The van der Waals surface area contributed by atoms with E-state index in [9.17, 15) is 14.4 Å². The third kappa shape index (κ3) is 9.18. The first-order valence-corrected chi connectivity index (χ1v) is 11.0. The van der Waals surface area contributed by atoms with Gasteiger partial charge in [-0.05, 0) is 37.0 Å². The Kier molecular flexibility index (Phi) is 10.8. The lowest BCUT2D eigenvalue weighted by molar-refractivity contribution is -0.144. The quantitative estimate of drug-likeness (QED) is 0.365. The summed E-state index contributed by atoms with van der Waals surface area (Å²) in [4.78, 5) is 36.0. The van der Waals surface area contributed by atoms with E-state index < -0.39 is 28.8 Å². The third-order valence-corrected chi connectivity index (χ3v) is 5.95. The first-order chi connectivity index (χ1) is 14.5. The number of nitrogens with one attached hydrogen (secondary N) is 1. The van der Waals surface area contributed by atoms with Gasteiger partial charge in [-0.3, -0.25) is 9.59 Å². The number of ether oxygens (including phenoxy) is 3. The van der Waals surface area contributed by atoms with Crippen molar-refractivity contribution < 1.29 is 28.6 Å². The summed E-state index contributed by atoms with van der Waals surface area (Å²) in [6.45, 7) is 5.73. The molecule has 0 saturated heterocycles. The molecular formula is C22H34N2O6S. The van der Waals surface area contributed by atoms with E-state index in [0.717, 1.165) is 5.56 Å². The van der Waals surface area contributed by atoms with Gasteiger partial charge in [0.05, 0.1) is 38.5 Å². The predicted octanol–water partition coefficient (Wildman–Crippen LogP) is 2.45. The van der Waals surface area contributed by atoms with Gasteiger partial charge in [0.15, 0.2) is 0 Å². The third-order valence-electron chi connectivity index (χ3n) is 4.65. The van der Waals surface area contributed by atoms with Crippen molar-refractivity contribution in [1.29, 1.82) is 0 Å². The summed E-state index contributed by atoms with van der Waals surface area (Å²) in [5.74, 6) is -0.635. The minimum Gasteiger partial charge on any atom is -0.497 e. The number of carbonyl (C=O) groups excluding carboxylic acids is 3.